The van der Waals surface area contributed by atoms with E-state index >= 15 is 0 Å². The van der Waals surface area contributed by atoms with Crippen molar-refractivity contribution in [2.24, 2.45) is 5.73 Å². The maximum absolute atomic E-state index is 6.78. The van der Waals surface area contributed by atoms with Gasteiger partial charge in [-0.05, 0) is 29.0 Å². The Morgan fingerprint density at radius 1 is 0.900 bits per heavy atom. The minimum atomic E-state index is -0.383. The van der Waals surface area contributed by atoms with Crippen molar-refractivity contribution >= 4 is 0 Å². The molecule has 0 aliphatic rings. The molecule has 0 radical (unpaired) electrons. The molecule has 106 valence electrons. The summed E-state index contributed by atoms with van der Waals surface area (Å²) in [5.41, 5.74) is 10.2. The van der Waals surface area contributed by atoms with Gasteiger partial charge in [-0.1, -0.05) is 81.8 Å². The standard InChI is InChI=1S/C19H25N/c1-4-14-19(20,17-8-6-5-7-9-17)18-12-10-16(11-13-18)15(2)3/h5-13,15H,4,14,20H2,1-3H3. The summed E-state index contributed by atoms with van der Waals surface area (Å²) in [4.78, 5) is 0. The maximum atomic E-state index is 6.78. The lowest BCUT2D eigenvalue weighted by Gasteiger charge is -2.31. The fraction of sp³-hybridized carbons (Fsp3) is 0.368. The zero-order valence-electron chi connectivity index (χ0n) is 12.8. The van der Waals surface area contributed by atoms with Crippen molar-refractivity contribution < 1.29 is 0 Å². The summed E-state index contributed by atoms with van der Waals surface area (Å²) in [5, 5.41) is 0. The van der Waals surface area contributed by atoms with E-state index in [0.717, 1.165) is 12.8 Å². The van der Waals surface area contributed by atoms with E-state index < -0.39 is 0 Å². The van der Waals surface area contributed by atoms with Gasteiger partial charge in [0.25, 0.3) is 0 Å². The fourth-order valence-corrected chi connectivity index (χ4v) is 2.75. The number of hydrogen-bond donors (Lipinski definition) is 1. The highest BCUT2D eigenvalue weighted by Gasteiger charge is 2.28. The zero-order chi connectivity index (χ0) is 14.6. The summed E-state index contributed by atoms with van der Waals surface area (Å²) >= 11 is 0. The average Bonchev–Trinajstić information content (AvgIpc) is 2.48. The molecule has 0 aliphatic carbocycles. The van der Waals surface area contributed by atoms with Gasteiger partial charge >= 0.3 is 0 Å². The summed E-state index contributed by atoms with van der Waals surface area (Å²) < 4.78 is 0. The number of hydrogen-bond acceptors (Lipinski definition) is 1. The van der Waals surface area contributed by atoms with E-state index in [0.29, 0.717) is 5.92 Å². The Labute approximate surface area is 122 Å². The number of nitrogens with two attached hydrogens (primary N) is 1. The molecule has 2 N–H and O–H groups in total. The number of benzene rings is 2. The average molecular weight is 267 g/mol. The second-order valence-electron chi connectivity index (χ2n) is 5.86. The van der Waals surface area contributed by atoms with Gasteiger partial charge in [-0.25, -0.2) is 0 Å². The highest BCUT2D eigenvalue weighted by atomic mass is 14.7. The first-order valence-electron chi connectivity index (χ1n) is 7.52. The third-order valence-electron chi connectivity index (χ3n) is 4.03. The molecule has 0 bridgehead atoms. The van der Waals surface area contributed by atoms with Gasteiger partial charge in [0.05, 0.1) is 5.54 Å². The molecule has 2 aromatic carbocycles. The Morgan fingerprint density at radius 2 is 1.45 bits per heavy atom. The van der Waals surface area contributed by atoms with Crippen LogP contribution >= 0.6 is 0 Å². The molecule has 0 saturated carbocycles. The van der Waals surface area contributed by atoms with Crippen molar-refractivity contribution in [3.05, 3.63) is 71.3 Å². The SMILES string of the molecule is CCCC(N)(c1ccccc1)c1ccc(C(C)C)cc1. The predicted molar refractivity (Wildman–Crippen MR) is 86.8 cm³/mol. The molecule has 20 heavy (non-hydrogen) atoms. The third-order valence-corrected chi connectivity index (χ3v) is 4.03. The van der Waals surface area contributed by atoms with Gasteiger partial charge < -0.3 is 5.73 Å². The monoisotopic (exact) mass is 267 g/mol. The molecule has 0 saturated heterocycles. The van der Waals surface area contributed by atoms with Crippen molar-refractivity contribution in [1.82, 2.24) is 0 Å². The fourth-order valence-electron chi connectivity index (χ4n) is 2.75. The van der Waals surface area contributed by atoms with Crippen molar-refractivity contribution in [3.8, 4) is 0 Å². The molecule has 1 atom stereocenters. The van der Waals surface area contributed by atoms with Crippen molar-refractivity contribution in [3.63, 3.8) is 0 Å². The van der Waals surface area contributed by atoms with E-state index in [1.807, 2.05) is 6.07 Å². The van der Waals surface area contributed by atoms with Crippen LogP contribution in [-0.4, -0.2) is 0 Å². The second kappa shape index (κ2) is 6.23. The Bertz CT molecular complexity index is 527. The number of rotatable bonds is 5. The summed E-state index contributed by atoms with van der Waals surface area (Å²) in [7, 11) is 0. The van der Waals surface area contributed by atoms with Gasteiger partial charge in [0.15, 0.2) is 0 Å². The third kappa shape index (κ3) is 2.94. The van der Waals surface area contributed by atoms with Crippen LogP contribution in [-0.2, 0) is 5.54 Å². The molecule has 0 aromatic heterocycles. The Morgan fingerprint density at radius 3 is 1.95 bits per heavy atom. The van der Waals surface area contributed by atoms with Gasteiger partial charge in [0.2, 0.25) is 0 Å². The van der Waals surface area contributed by atoms with Crippen molar-refractivity contribution in [2.45, 2.75) is 45.1 Å². The molecular weight excluding hydrogens is 242 g/mol. The van der Waals surface area contributed by atoms with E-state index in [9.17, 15) is 0 Å². The van der Waals surface area contributed by atoms with Crippen molar-refractivity contribution in [2.75, 3.05) is 0 Å². The van der Waals surface area contributed by atoms with Crippen molar-refractivity contribution in [1.29, 1.82) is 0 Å². The molecule has 1 unspecified atom stereocenters. The molecule has 0 amide bonds. The van der Waals surface area contributed by atoms with Crippen LogP contribution in [0.1, 0.15) is 56.2 Å². The summed E-state index contributed by atoms with van der Waals surface area (Å²) in [6, 6.07) is 19.2. The molecule has 0 spiro atoms. The first-order valence-corrected chi connectivity index (χ1v) is 7.52. The first-order chi connectivity index (χ1) is 9.58. The van der Waals surface area contributed by atoms with Gasteiger partial charge in [-0.3, -0.25) is 0 Å². The highest BCUT2D eigenvalue weighted by molar-refractivity contribution is 5.39. The van der Waals surface area contributed by atoms with Gasteiger partial charge in [0.1, 0.15) is 0 Å². The van der Waals surface area contributed by atoms with Gasteiger partial charge in [-0.15, -0.1) is 0 Å². The normalized spacial score (nSPS) is 14.2. The second-order valence-corrected chi connectivity index (χ2v) is 5.86. The Kier molecular flexibility index (Phi) is 4.61. The van der Waals surface area contributed by atoms with Gasteiger partial charge in [-0.2, -0.15) is 0 Å². The molecule has 1 heteroatoms. The molecule has 0 fully saturated rings. The summed E-state index contributed by atoms with van der Waals surface area (Å²) in [5.74, 6) is 0.555. The Hall–Kier alpha value is -1.60. The lowest BCUT2D eigenvalue weighted by atomic mass is 9.80. The minimum absolute atomic E-state index is 0.383. The summed E-state index contributed by atoms with van der Waals surface area (Å²) in [6.07, 6.45) is 2.02. The molecule has 0 aliphatic heterocycles. The Balaban J connectivity index is 2.42. The van der Waals surface area contributed by atoms with Gasteiger partial charge in [0, 0.05) is 0 Å². The van der Waals surface area contributed by atoms with E-state index in [1.165, 1.54) is 16.7 Å². The van der Waals surface area contributed by atoms with Crippen LogP contribution in [0.5, 0.6) is 0 Å². The van der Waals surface area contributed by atoms with Crippen LogP contribution in [0.4, 0.5) is 0 Å². The lowest BCUT2D eigenvalue weighted by Crippen LogP contribution is -2.37. The van der Waals surface area contributed by atoms with Crippen LogP contribution in [0.3, 0.4) is 0 Å². The topological polar surface area (TPSA) is 26.0 Å². The van der Waals surface area contributed by atoms with Crippen LogP contribution < -0.4 is 5.73 Å². The van der Waals surface area contributed by atoms with Crippen LogP contribution in [0.15, 0.2) is 54.6 Å². The first kappa shape index (κ1) is 14.8. The highest BCUT2D eigenvalue weighted by Crippen LogP contribution is 2.32. The predicted octanol–water partition coefficient (Wildman–Crippen LogP) is 4.81. The van der Waals surface area contributed by atoms with E-state index in [4.69, 9.17) is 5.73 Å². The maximum Gasteiger partial charge on any atom is 0.0665 e. The van der Waals surface area contributed by atoms with Crippen LogP contribution in [0.2, 0.25) is 0 Å². The largest absolute Gasteiger partial charge is 0.318 e. The van der Waals surface area contributed by atoms with E-state index in [2.05, 4.69) is 69.3 Å². The lowest BCUT2D eigenvalue weighted by molar-refractivity contribution is 0.485. The summed E-state index contributed by atoms with van der Waals surface area (Å²) in [6.45, 7) is 6.62. The van der Waals surface area contributed by atoms with Crippen LogP contribution in [0, 0.1) is 0 Å². The molecule has 0 heterocycles. The van der Waals surface area contributed by atoms with E-state index in [1.54, 1.807) is 0 Å². The molecule has 2 aromatic rings. The molecule has 2 rings (SSSR count). The minimum Gasteiger partial charge on any atom is -0.318 e. The molecule has 1 nitrogen and oxygen atoms in total. The van der Waals surface area contributed by atoms with E-state index in [-0.39, 0.29) is 5.54 Å². The van der Waals surface area contributed by atoms with Crippen LogP contribution in [0.25, 0.3) is 0 Å². The quantitative estimate of drug-likeness (QED) is 0.826. The smallest absolute Gasteiger partial charge is 0.0665 e. The molecular formula is C19H25N. The zero-order valence-corrected chi connectivity index (χ0v) is 12.8.